The molecule has 1 fully saturated rings. The van der Waals surface area contributed by atoms with Crippen LogP contribution in [0.3, 0.4) is 0 Å². The van der Waals surface area contributed by atoms with Gasteiger partial charge in [0.1, 0.15) is 0 Å². The summed E-state index contributed by atoms with van der Waals surface area (Å²) >= 11 is 0. The molecule has 0 saturated carbocycles. The van der Waals surface area contributed by atoms with Crippen molar-refractivity contribution >= 4 is 25.8 Å². The van der Waals surface area contributed by atoms with E-state index in [-0.39, 0.29) is 28.4 Å². The van der Waals surface area contributed by atoms with Gasteiger partial charge in [0.15, 0.2) is 9.84 Å². The number of hydrogen-bond donors (Lipinski definition) is 3. The van der Waals surface area contributed by atoms with Crippen LogP contribution in [-0.4, -0.2) is 79.2 Å². The largest absolute Gasteiger partial charge is 0.478 e. The van der Waals surface area contributed by atoms with Crippen LogP contribution in [0.2, 0.25) is 0 Å². The summed E-state index contributed by atoms with van der Waals surface area (Å²) in [4.78, 5) is 10.9. The van der Waals surface area contributed by atoms with Crippen molar-refractivity contribution in [2.45, 2.75) is 30.4 Å². The smallest absolute Gasteiger partial charge is 0.335 e. The molecule has 0 aliphatic carbocycles. The third-order valence-electron chi connectivity index (χ3n) is 4.24. The van der Waals surface area contributed by atoms with Crippen LogP contribution in [0.4, 0.5) is 0 Å². The summed E-state index contributed by atoms with van der Waals surface area (Å²) in [7, 11) is -7.69. The van der Waals surface area contributed by atoms with Gasteiger partial charge in [0.25, 0.3) is 0 Å². The number of aryl methyl sites for hydroxylation is 1. The minimum absolute atomic E-state index is 0.0668. The number of carboxylic acids is 1. The van der Waals surface area contributed by atoms with Crippen molar-refractivity contribution in [2.24, 2.45) is 0 Å². The molecule has 0 spiro atoms. The second-order valence-corrected chi connectivity index (χ2v) is 10.3. The Balaban J connectivity index is 2.52. The van der Waals surface area contributed by atoms with Gasteiger partial charge < -0.3 is 15.3 Å². The third kappa shape index (κ3) is 4.41. The van der Waals surface area contributed by atoms with E-state index >= 15 is 0 Å². The molecular weight excluding hydrogens is 386 g/mol. The summed E-state index contributed by atoms with van der Waals surface area (Å²) in [6.45, 7) is 0.306. The maximum Gasteiger partial charge on any atom is 0.335 e. The molecule has 0 radical (unpaired) electrons. The molecule has 1 heterocycles. The van der Waals surface area contributed by atoms with Gasteiger partial charge in [-0.1, -0.05) is 6.07 Å². The second kappa shape index (κ2) is 7.61. The van der Waals surface area contributed by atoms with E-state index in [1.165, 1.54) is 19.1 Å². The van der Waals surface area contributed by atoms with Crippen LogP contribution < -0.4 is 0 Å². The van der Waals surface area contributed by atoms with Crippen molar-refractivity contribution in [1.82, 2.24) is 4.31 Å². The van der Waals surface area contributed by atoms with Crippen LogP contribution >= 0.6 is 0 Å². The van der Waals surface area contributed by atoms with Gasteiger partial charge in [0, 0.05) is 12.6 Å². The first-order valence-electron chi connectivity index (χ1n) is 7.83. The molecule has 1 aromatic carbocycles. The number of hydrogen-bond acceptors (Lipinski definition) is 7. The number of nitrogens with zero attached hydrogens (tertiary/aromatic N) is 1. The number of rotatable bonds is 7. The summed E-state index contributed by atoms with van der Waals surface area (Å²) in [6, 6.07) is 2.74. The molecule has 26 heavy (non-hydrogen) atoms. The maximum absolute atomic E-state index is 13.1. The zero-order valence-electron chi connectivity index (χ0n) is 14.1. The van der Waals surface area contributed by atoms with Crippen molar-refractivity contribution in [3.63, 3.8) is 0 Å². The van der Waals surface area contributed by atoms with Gasteiger partial charge in [0.2, 0.25) is 10.0 Å². The monoisotopic (exact) mass is 407 g/mol. The molecular formula is C15H21NO8S2. The molecule has 1 aliphatic heterocycles. The van der Waals surface area contributed by atoms with E-state index in [2.05, 4.69) is 0 Å². The van der Waals surface area contributed by atoms with Gasteiger partial charge in [-0.3, -0.25) is 0 Å². The highest BCUT2D eigenvalue weighted by Crippen LogP contribution is 2.28. The maximum atomic E-state index is 13.1. The highest BCUT2D eigenvalue weighted by molar-refractivity contribution is 7.92. The predicted molar refractivity (Wildman–Crippen MR) is 92.2 cm³/mol. The van der Waals surface area contributed by atoms with Crippen molar-refractivity contribution in [2.75, 3.05) is 24.7 Å². The minimum Gasteiger partial charge on any atom is -0.478 e. The van der Waals surface area contributed by atoms with Gasteiger partial charge in [-0.15, -0.1) is 0 Å². The number of carboxylic acid groups (broad SMARTS) is 1. The highest BCUT2D eigenvalue weighted by Gasteiger charge is 2.40. The first-order chi connectivity index (χ1) is 12.0. The summed E-state index contributed by atoms with van der Waals surface area (Å²) in [6.07, 6.45) is -1.33. The minimum atomic E-state index is -4.29. The molecule has 0 amide bonds. The summed E-state index contributed by atoms with van der Waals surface area (Å²) < 4.78 is 50.6. The SMILES string of the molecule is Cc1ccc(C(=O)O)cc1S(=O)(=O)N(C[C@H](O)CO)[C@@H]1CCS(=O)(=O)C1. The molecule has 1 aromatic rings. The number of carbonyl (C=O) groups is 1. The molecule has 2 rings (SSSR count). The van der Waals surface area contributed by atoms with E-state index in [4.69, 9.17) is 10.2 Å². The lowest BCUT2D eigenvalue weighted by atomic mass is 10.1. The standard InChI is InChI=1S/C15H21NO8S2/c1-10-2-3-11(15(19)20)6-14(10)26(23,24)16(7-13(18)8-17)12-4-5-25(21,22)9-12/h2-3,6,12-13,17-18H,4-5,7-9H2,1H3,(H,19,20)/t12-,13+/m1/s1. The van der Waals surface area contributed by atoms with E-state index in [0.29, 0.717) is 5.56 Å². The fraction of sp³-hybridized carbons (Fsp3) is 0.533. The van der Waals surface area contributed by atoms with Gasteiger partial charge in [0.05, 0.1) is 34.7 Å². The Hall–Kier alpha value is -1.53. The Morgan fingerprint density at radius 3 is 2.54 bits per heavy atom. The van der Waals surface area contributed by atoms with Crippen molar-refractivity contribution in [3.05, 3.63) is 29.3 Å². The first kappa shape index (κ1) is 20.8. The summed E-state index contributed by atoms with van der Waals surface area (Å²) in [5.74, 6) is -1.86. The number of aliphatic hydroxyl groups excluding tert-OH is 2. The van der Waals surface area contributed by atoms with E-state index < -0.39 is 51.1 Å². The van der Waals surface area contributed by atoms with Crippen LogP contribution in [0.1, 0.15) is 22.3 Å². The molecule has 1 aliphatic rings. The van der Waals surface area contributed by atoms with Crippen LogP contribution in [0.5, 0.6) is 0 Å². The normalized spacial score (nSPS) is 21.0. The molecule has 1 saturated heterocycles. The fourth-order valence-electron chi connectivity index (χ4n) is 2.85. The number of aliphatic hydroxyl groups is 2. The van der Waals surface area contributed by atoms with Gasteiger partial charge in [-0.2, -0.15) is 4.31 Å². The Bertz CT molecular complexity index is 894. The van der Waals surface area contributed by atoms with Crippen molar-refractivity contribution in [1.29, 1.82) is 0 Å². The Morgan fingerprint density at radius 2 is 2.04 bits per heavy atom. The highest BCUT2D eigenvalue weighted by atomic mass is 32.2. The van der Waals surface area contributed by atoms with Gasteiger partial charge >= 0.3 is 5.97 Å². The topological polar surface area (TPSA) is 149 Å². The molecule has 0 bridgehead atoms. The number of sulfonamides is 1. The molecule has 9 nitrogen and oxygen atoms in total. The quantitative estimate of drug-likeness (QED) is 0.533. The number of sulfone groups is 1. The zero-order chi connectivity index (χ0) is 19.7. The van der Waals surface area contributed by atoms with Gasteiger partial charge in [-0.25, -0.2) is 21.6 Å². The molecule has 11 heteroatoms. The van der Waals surface area contributed by atoms with Crippen LogP contribution in [-0.2, 0) is 19.9 Å². The molecule has 0 aromatic heterocycles. The summed E-state index contributed by atoms with van der Waals surface area (Å²) in [5, 5.41) is 27.9. The second-order valence-electron chi connectivity index (χ2n) is 6.25. The number of benzene rings is 1. The zero-order valence-corrected chi connectivity index (χ0v) is 15.7. The van der Waals surface area contributed by atoms with Crippen LogP contribution in [0.25, 0.3) is 0 Å². The first-order valence-corrected chi connectivity index (χ1v) is 11.1. The predicted octanol–water partition coefficient (Wildman–Crippen LogP) is -0.776. The van der Waals surface area contributed by atoms with Crippen molar-refractivity contribution in [3.8, 4) is 0 Å². The third-order valence-corrected chi connectivity index (χ3v) is 8.05. The van der Waals surface area contributed by atoms with Crippen molar-refractivity contribution < 1.29 is 36.9 Å². The fourth-order valence-corrected chi connectivity index (χ4v) is 6.62. The van der Waals surface area contributed by atoms with Crippen LogP contribution in [0.15, 0.2) is 23.1 Å². The number of aromatic carboxylic acids is 1. The molecule has 0 unspecified atom stereocenters. The Morgan fingerprint density at radius 1 is 1.38 bits per heavy atom. The van der Waals surface area contributed by atoms with E-state index in [1.54, 1.807) is 0 Å². The van der Waals surface area contributed by atoms with E-state index in [0.717, 1.165) is 10.4 Å². The van der Waals surface area contributed by atoms with Crippen LogP contribution in [0, 0.1) is 6.92 Å². The van der Waals surface area contributed by atoms with Gasteiger partial charge in [-0.05, 0) is 31.0 Å². The van der Waals surface area contributed by atoms with E-state index in [1.807, 2.05) is 0 Å². The Kier molecular flexibility index (Phi) is 6.08. The summed E-state index contributed by atoms with van der Waals surface area (Å²) in [5.41, 5.74) is 0.0650. The van der Waals surface area contributed by atoms with E-state index in [9.17, 15) is 26.7 Å². The molecule has 146 valence electrons. The lowest BCUT2D eigenvalue weighted by molar-refractivity contribution is 0.0696. The molecule has 3 N–H and O–H groups in total. The Labute approximate surface area is 151 Å². The average Bonchev–Trinajstić information content (AvgIpc) is 2.91. The average molecular weight is 407 g/mol. The lowest BCUT2D eigenvalue weighted by Crippen LogP contribution is -2.46. The molecule has 2 atom stereocenters. The lowest BCUT2D eigenvalue weighted by Gasteiger charge is -2.29.